The summed E-state index contributed by atoms with van der Waals surface area (Å²) in [6.07, 6.45) is 0.716. The van der Waals surface area contributed by atoms with Gasteiger partial charge in [0.05, 0.1) is 54.2 Å². The van der Waals surface area contributed by atoms with Gasteiger partial charge in [0.25, 0.3) is 5.56 Å². The Morgan fingerprint density at radius 3 is 2.47 bits per heavy atom. The minimum Gasteiger partial charge on any atom is -0.458 e. The molecular weight excluding hydrogens is 854 g/mol. The van der Waals surface area contributed by atoms with Crippen LogP contribution in [0.15, 0.2) is 47.3 Å². The van der Waals surface area contributed by atoms with Gasteiger partial charge >= 0.3 is 5.97 Å². The van der Waals surface area contributed by atoms with Crippen molar-refractivity contribution in [3.8, 4) is 11.4 Å². The van der Waals surface area contributed by atoms with Gasteiger partial charge < -0.3 is 41.2 Å². The molecule has 7 N–H and O–H groups in total. The van der Waals surface area contributed by atoms with E-state index in [0.717, 1.165) is 16.7 Å². The Hall–Kier alpha value is -6.21. The zero-order chi connectivity index (χ0) is 47.3. The fourth-order valence-corrected chi connectivity index (χ4v) is 9.27. The average molecular weight is 910 g/mol. The lowest BCUT2D eigenvalue weighted by Crippen LogP contribution is -2.44. The molecule has 2 aliphatic heterocycles. The molecule has 0 unspecified atom stereocenters. The van der Waals surface area contributed by atoms with E-state index >= 15 is 4.39 Å². The maximum absolute atomic E-state index is 15.4. The molecule has 4 heterocycles. The molecule has 0 bridgehead atoms. The summed E-state index contributed by atoms with van der Waals surface area (Å²) < 4.78 is 22.1. The molecule has 2 aromatic carbocycles. The Bertz CT molecular complexity index is 2640. The number of ether oxygens (including phenoxy) is 1. The standard InChI is InChI=1S/C48H56FN7O10/c1-3-48(65)33-22-38-45-31(25-56(38)46(63)32(33)26-66-47(48)64)44-35(11-10-30-27(2)34(49)23-37(54-45)43(30)44)52-42(62)15-17-55(19-20-57)18-16-51-40(60)14-12-39(59)36(21-28-7-5-4-6-8-28)53-41(61)13-9-29(58)24-50/h4-8,22-23,35-36,57,65H,3,9-21,24-26,50H2,1-2H3,(H,51,60)(H,52,62)(H,53,61)/t35-,36-,48-/m0/s1. The van der Waals surface area contributed by atoms with Crippen LogP contribution in [0.4, 0.5) is 4.39 Å². The largest absolute Gasteiger partial charge is 0.458 e. The van der Waals surface area contributed by atoms with Crippen molar-refractivity contribution in [2.45, 2.75) is 102 Å². The number of hydrogen-bond donors (Lipinski definition) is 6. The number of carbonyl (C=O) groups excluding carboxylic acids is 6. The van der Waals surface area contributed by atoms with Crippen LogP contribution in [0, 0.1) is 12.7 Å². The molecule has 2 aromatic heterocycles. The number of benzene rings is 2. The fraction of sp³-hybridized carbons (Fsp3) is 0.458. The summed E-state index contributed by atoms with van der Waals surface area (Å²) in [7, 11) is 0. The topological polar surface area (TPSA) is 252 Å². The summed E-state index contributed by atoms with van der Waals surface area (Å²) in [6, 6.07) is 10.6. The van der Waals surface area contributed by atoms with Crippen LogP contribution in [-0.4, -0.2) is 105 Å². The van der Waals surface area contributed by atoms with Crippen molar-refractivity contribution in [3.05, 3.63) is 97.6 Å². The maximum atomic E-state index is 15.4. The summed E-state index contributed by atoms with van der Waals surface area (Å²) in [5.41, 5.74) is 7.82. The minimum absolute atomic E-state index is 0.0254. The van der Waals surface area contributed by atoms with Gasteiger partial charge in [0.1, 0.15) is 18.2 Å². The van der Waals surface area contributed by atoms with Crippen LogP contribution in [0.1, 0.15) is 96.9 Å². The van der Waals surface area contributed by atoms with Gasteiger partial charge in [-0.25, -0.2) is 14.2 Å². The molecule has 4 aromatic rings. The number of ketones is 2. The highest BCUT2D eigenvalue weighted by molar-refractivity contribution is 5.95. The van der Waals surface area contributed by atoms with E-state index in [9.17, 15) is 43.8 Å². The van der Waals surface area contributed by atoms with E-state index in [-0.39, 0.29) is 125 Å². The number of pyridine rings is 2. The van der Waals surface area contributed by atoms with Crippen molar-refractivity contribution >= 4 is 46.2 Å². The molecular formula is C48H56FN7O10. The smallest absolute Gasteiger partial charge is 0.343 e. The lowest BCUT2D eigenvalue weighted by molar-refractivity contribution is -0.172. The van der Waals surface area contributed by atoms with Crippen molar-refractivity contribution in [2.75, 3.05) is 39.3 Å². The molecule has 3 atom stereocenters. The number of aromatic nitrogens is 2. The lowest BCUT2D eigenvalue weighted by atomic mass is 9.81. The number of fused-ring (bicyclic) bond motifs is 5. The lowest BCUT2D eigenvalue weighted by Gasteiger charge is -2.31. The van der Waals surface area contributed by atoms with Crippen LogP contribution in [-0.2, 0) is 65.1 Å². The van der Waals surface area contributed by atoms with Crippen LogP contribution in [0.2, 0.25) is 0 Å². The number of hydrogen-bond acceptors (Lipinski definition) is 13. The third-order valence-electron chi connectivity index (χ3n) is 13.0. The van der Waals surface area contributed by atoms with Crippen molar-refractivity contribution in [2.24, 2.45) is 5.73 Å². The third kappa shape index (κ3) is 9.96. The second kappa shape index (κ2) is 20.5. The van der Waals surface area contributed by atoms with E-state index in [4.69, 9.17) is 15.5 Å². The molecule has 0 spiro atoms. The number of halogens is 1. The Morgan fingerprint density at radius 2 is 1.74 bits per heavy atom. The van der Waals surface area contributed by atoms with Crippen LogP contribution in [0.25, 0.3) is 22.3 Å². The predicted octanol–water partition coefficient (Wildman–Crippen LogP) is 1.82. The zero-order valence-corrected chi connectivity index (χ0v) is 37.2. The van der Waals surface area contributed by atoms with Crippen LogP contribution >= 0.6 is 0 Å². The number of esters is 1. The molecule has 0 fully saturated rings. The highest BCUT2D eigenvalue weighted by Gasteiger charge is 2.46. The molecule has 18 heteroatoms. The highest BCUT2D eigenvalue weighted by atomic mass is 19.1. The number of aryl methyl sites for hydroxylation is 1. The molecule has 7 rings (SSSR count). The molecule has 0 saturated carbocycles. The average Bonchev–Trinajstić information content (AvgIpc) is 3.68. The summed E-state index contributed by atoms with van der Waals surface area (Å²) in [4.78, 5) is 97.6. The number of nitrogens with one attached hydrogen (secondary N) is 3. The second-order valence-electron chi connectivity index (χ2n) is 17.2. The Labute approximate surface area is 380 Å². The molecule has 66 heavy (non-hydrogen) atoms. The molecule has 350 valence electrons. The third-order valence-corrected chi connectivity index (χ3v) is 13.0. The van der Waals surface area contributed by atoms with E-state index in [1.807, 2.05) is 35.2 Å². The number of nitrogens with zero attached hydrogens (tertiary/aromatic N) is 3. The van der Waals surface area contributed by atoms with Gasteiger partial charge in [-0.2, -0.15) is 0 Å². The molecule has 0 radical (unpaired) electrons. The summed E-state index contributed by atoms with van der Waals surface area (Å²) in [6.45, 7) is 3.68. The first-order chi connectivity index (χ1) is 31.7. The number of aliphatic hydroxyl groups excluding tert-OH is 1. The number of nitrogens with two attached hydrogens (primary N) is 1. The van der Waals surface area contributed by atoms with Crippen LogP contribution in [0.3, 0.4) is 0 Å². The first kappa shape index (κ1) is 47.7. The fourth-order valence-electron chi connectivity index (χ4n) is 9.27. The Kier molecular flexibility index (Phi) is 14.9. The predicted molar refractivity (Wildman–Crippen MR) is 239 cm³/mol. The van der Waals surface area contributed by atoms with Crippen molar-refractivity contribution in [1.82, 2.24) is 30.4 Å². The van der Waals surface area contributed by atoms with Gasteiger partial charge in [-0.15, -0.1) is 0 Å². The summed E-state index contributed by atoms with van der Waals surface area (Å²) in [5.74, 6) is -3.03. The molecule has 1 aliphatic carbocycles. The first-order valence-electron chi connectivity index (χ1n) is 22.5. The van der Waals surface area contributed by atoms with Gasteiger partial charge in [0.15, 0.2) is 11.4 Å². The second-order valence-corrected chi connectivity index (χ2v) is 17.2. The number of aliphatic hydroxyl groups is 2. The Morgan fingerprint density at radius 1 is 0.985 bits per heavy atom. The highest BCUT2D eigenvalue weighted by Crippen LogP contribution is 2.46. The minimum atomic E-state index is -2.02. The van der Waals surface area contributed by atoms with E-state index in [0.29, 0.717) is 52.8 Å². The number of cyclic esters (lactones) is 1. The maximum Gasteiger partial charge on any atom is 0.343 e. The number of carbonyl (C=O) groups is 6. The molecule has 3 amide bonds. The normalized spacial score (nSPS) is 17.4. The van der Waals surface area contributed by atoms with E-state index in [2.05, 4.69) is 16.0 Å². The number of rotatable bonds is 21. The quantitative estimate of drug-likeness (QED) is 0.0576. The van der Waals surface area contributed by atoms with Gasteiger partial charge in [0, 0.05) is 80.9 Å². The Balaban J connectivity index is 0.985. The van der Waals surface area contributed by atoms with Crippen molar-refractivity contribution in [3.63, 3.8) is 0 Å². The monoisotopic (exact) mass is 909 g/mol. The number of Topliss-reactive ketones (excluding diaryl/α,β-unsaturated/α-hetero) is 2. The van der Waals surface area contributed by atoms with E-state index in [1.165, 1.54) is 10.6 Å². The van der Waals surface area contributed by atoms with Gasteiger partial charge in [0.2, 0.25) is 17.7 Å². The van der Waals surface area contributed by atoms with Gasteiger partial charge in [-0.05, 0) is 60.9 Å². The molecule has 17 nitrogen and oxygen atoms in total. The summed E-state index contributed by atoms with van der Waals surface area (Å²) in [5, 5.41) is 30.6. The van der Waals surface area contributed by atoms with Crippen molar-refractivity contribution < 1.29 is 48.1 Å². The van der Waals surface area contributed by atoms with Gasteiger partial charge in [-0.1, -0.05) is 37.3 Å². The van der Waals surface area contributed by atoms with E-state index in [1.54, 1.807) is 19.9 Å². The SMILES string of the molecule is CC[C@@]1(O)C(=O)OCc2c1cc1n(c2=O)Cc2c-1nc1cc(F)c(C)c3c1c2[C@@H](NC(=O)CCN(CCO)CCNC(=O)CCC(=O)[C@H](Cc1ccccc1)NC(=O)CCC(=O)CN)CC3. The molecule has 0 saturated heterocycles. The van der Waals surface area contributed by atoms with E-state index < -0.39 is 40.9 Å². The van der Waals surface area contributed by atoms with Crippen molar-refractivity contribution in [1.29, 1.82) is 0 Å². The van der Waals surface area contributed by atoms with Crippen LogP contribution in [0.5, 0.6) is 0 Å². The molecule has 3 aliphatic rings. The number of amides is 3. The van der Waals surface area contributed by atoms with Gasteiger partial charge in [-0.3, -0.25) is 33.7 Å². The zero-order valence-electron chi connectivity index (χ0n) is 37.2. The van der Waals surface area contributed by atoms with Crippen LogP contribution < -0.4 is 27.2 Å². The summed E-state index contributed by atoms with van der Waals surface area (Å²) >= 11 is 0. The first-order valence-corrected chi connectivity index (χ1v) is 22.5.